The fourth-order valence-electron chi connectivity index (χ4n) is 2.17. The first-order chi connectivity index (χ1) is 9.66. The van der Waals surface area contributed by atoms with Gasteiger partial charge in [-0.3, -0.25) is 9.69 Å². The highest BCUT2D eigenvalue weighted by molar-refractivity contribution is 7.14. The molecule has 0 atom stereocenters. The van der Waals surface area contributed by atoms with Crippen LogP contribution in [0.3, 0.4) is 0 Å². The summed E-state index contributed by atoms with van der Waals surface area (Å²) in [5.41, 5.74) is 2.81. The molecule has 3 rings (SSSR count). The highest BCUT2D eigenvalue weighted by Gasteiger charge is 2.20. The van der Waals surface area contributed by atoms with Gasteiger partial charge in [-0.2, -0.15) is 0 Å². The Balaban J connectivity index is 2.03. The van der Waals surface area contributed by atoms with Crippen molar-refractivity contribution in [2.75, 3.05) is 0 Å². The van der Waals surface area contributed by atoms with Gasteiger partial charge in [-0.1, -0.05) is 18.2 Å². The second-order valence-corrected chi connectivity index (χ2v) is 5.55. The number of aliphatic imine (C=N–C) groups is 1. The molecule has 0 fully saturated rings. The molecule has 4 heteroatoms. The van der Waals surface area contributed by atoms with Gasteiger partial charge in [0.25, 0.3) is 5.91 Å². The van der Waals surface area contributed by atoms with Gasteiger partial charge in [0.2, 0.25) is 0 Å². The van der Waals surface area contributed by atoms with Crippen LogP contribution in [0.15, 0.2) is 53.0 Å². The Bertz CT molecular complexity index is 713. The molecule has 0 spiro atoms. The van der Waals surface area contributed by atoms with Crippen LogP contribution < -0.4 is 0 Å². The summed E-state index contributed by atoms with van der Waals surface area (Å²) in [6.45, 7) is 3.87. The van der Waals surface area contributed by atoms with Crippen molar-refractivity contribution in [1.29, 1.82) is 0 Å². The van der Waals surface area contributed by atoms with Crippen molar-refractivity contribution in [2.45, 2.75) is 13.8 Å². The van der Waals surface area contributed by atoms with Gasteiger partial charge in [0, 0.05) is 17.3 Å². The molecule has 0 saturated carbocycles. The molecule has 0 bridgehead atoms. The van der Waals surface area contributed by atoms with Gasteiger partial charge in [-0.15, -0.1) is 11.3 Å². The topological polar surface area (TPSA) is 32.7 Å². The summed E-state index contributed by atoms with van der Waals surface area (Å²) in [7, 11) is 0. The summed E-state index contributed by atoms with van der Waals surface area (Å²) in [5, 5.41) is 2.98. The molecular formula is C16H14N2OS. The van der Waals surface area contributed by atoms with E-state index in [1.54, 1.807) is 16.2 Å². The first-order valence-corrected chi connectivity index (χ1v) is 7.25. The minimum absolute atomic E-state index is 0.0543. The van der Waals surface area contributed by atoms with Crippen molar-refractivity contribution in [2.24, 2.45) is 4.99 Å². The molecule has 1 aliphatic rings. The van der Waals surface area contributed by atoms with E-state index in [9.17, 15) is 4.79 Å². The quantitative estimate of drug-likeness (QED) is 0.767. The van der Waals surface area contributed by atoms with E-state index in [0.717, 1.165) is 16.1 Å². The van der Waals surface area contributed by atoms with Gasteiger partial charge in [0.1, 0.15) is 10.8 Å². The molecule has 0 N–H and O–H groups in total. The van der Waals surface area contributed by atoms with Gasteiger partial charge in [-0.25, -0.2) is 4.99 Å². The number of hydrogen-bond acceptors (Lipinski definition) is 3. The van der Waals surface area contributed by atoms with Crippen LogP contribution >= 0.6 is 11.3 Å². The van der Waals surface area contributed by atoms with Crippen LogP contribution in [-0.2, 0) is 0 Å². The van der Waals surface area contributed by atoms with Crippen LogP contribution in [-0.4, -0.2) is 16.6 Å². The zero-order valence-electron chi connectivity index (χ0n) is 11.3. The van der Waals surface area contributed by atoms with Crippen LogP contribution in [0.5, 0.6) is 0 Å². The number of amidine groups is 1. The third-order valence-corrected chi connectivity index (χ3v) is 4.05. The van der Waals surface area contributed by atoms with Crippen LogP contribution in [0, 0.1) is 0 Å². The Hall–Kier alpha value is -2.20. The summed E-state index contributed by atoms with van der Waals surface area (Å²) < 4.78 is 0. The number of amides is 1. The van der Waals surface area contributed by atoms with Crippen LogP contribution in [0.25, 0.3) is 5.57 Å². The summed E-state index contributed by atoms with van der Waals surface area (Å²) in [6, 6.07) is 11.3. The predicted octanol–water partition coefficient (Wildman–Crippen LogP) is 4.31. The van der Waals surface area contributed by atoms with E-state index < -0.39 is 0 Å². The smallest absolute Gasteiger partial charge is 0.263 e. The number of allylic oxidation sites excluding steroid dienone is 1. The van der Waals surface area contributed by atoms with Crippen LogP contribution in [0.4, 0.5) is 5.00 Å². The van der Waals surface area contributed by atoms with Gasteiger partial charge in [0.15, 0.2) is 0 Å². The number of nitrogens with zero attached hydrogens (tertiary/aromatic N) is 2. The van der Waals surface area contributed by atoms with Crippen molar-refractivity contribution >= 4 is 33.7 Å². The Kier molecular flexibility index (Phi) is 3.24. The Morgan fingerprint density at radius 2 is 1.90 bits per heavy atom. The molecule has 3 nitrogen and oxygen atoms in total. The maximum absolute atomic E-state index is 12.6. The van der Waals surface area contributed by atoms with Crippen molar-refractivity contribution < 1.29 is 4.79 Å². The molecule has 0 unspecified atom stereocenters. The molecule has 0 saturated heterocycles. The molecule has 1 aromatic heterocycles. The SMILES string of the molecule is CC1=CN(C(=O)c2ccccc2)C(C)=Nc2sccc21. The summed E-state index contributed by atoms with van der Waals surface area (Å²) >= 11 is 1.59. The minimum atomic E-state index is -0.0543. The van der Waals surface area contributed by atoms with Crippen LogP contribution in [0.2, 0.25) is 0 Å². The highest BCUT2D eigenvalue weighted by atomic mass is 32.1. The number of hydrogen-bond donors (Lipinski definition) is 0. The van der Waals surface area contributed by atoms with Gasteiger partial charge in [0.05, 0.1) is 0 Å². The molecular weight excluding hydrogens is 268 g/mol. The lowest BCUT2D eigenvalue weighted by atomic mass is 10.1. The zero-order valence-corrected chi connectivity index (χ0v) is 12.1. The van der Waals surface area contributed by atoms with E-state index in [-0.39, 0.29) is 5.91 Å². The number of benzene rings is 1. The maximum Gasteiger partial charge on any atom is 0.263 e. The third-order valence-electron chi connectivity index (χ3n) is 3.24. The van der Waals surface area contributed by atoms with E-state index in [1.165, 1.54) is 0 Å². The average Bonchev–Trinajstić information content (AvgIpc) is 2.88. The summed E-state index contributed by atoms with van der Waals surface area (Å²) in [4.78, 5) is 18.8. The Labute approximate surface area is 121 Å². The second-order valence-electron chi connectivity index (χ2n) is 4.65. The molecule has 1 aliphatic heterocycles. The lowest BCUT2D eigenvalue weighted by Crippen LogP contribution is -2.30. The molecule has 2 aromatic rings. The number of carbonyl (C=O) groups is 1. The van der Waals surface area contributed by atoms with Gasteiger partial charge < -0.3 is 0 Å². The number of rotatable bonds is 1. The molecule has 1 amide bonds. The normalized spacial score (nSPS) is 14.2. The van der Waals surface area contributed by atoms with E-state index in [2.05, 4.69) is 4.99 Å². The lowest BCUT2D eigenvalue weighted by Gasteiger charge is -2.17. The second kappa shape index (κ2) is 5.06. The highest BCUT2D eigenvalue weighted by Crippen LogP contribution is 2.34. The number of fused-ring (bicyclic) bond motifs is 1. The van der Waals surface area contributed by atoms with E-state index in [1.807, 2.05) is 61.8 Å². The third kappa shape index (κ3) is 2.18. The van der Waals surface area contributed by atoms with E-state index >= 15 is 0 Å². The first kappa shape index (κ1) is 12.8. The molecule has 100 valence electrons. The fourth-order valence-corrected chi connectivity index (χ4v) is 3.04. The summed E-state index contributed by atoms with van der Waals surface area (Å²) in [6.07, 6.45) is 1.87. The Morgan fingerprint density at radius 3 is 2.65 bits per heavy atom. The molecule has 0 radical (unpaired) electrons. The van der Waals surface area contributed by atoms with E-state index in [0.29, 0.717) is 11.4 Å². The minimum Gasteiger partial charge on any atom is -0.271 e. The molecule has 20 heavy (non-hydrogen) atoms. The molecule has 2 heterocycles. The van der Waals surface area contributed by atoms with Crippen molar-refractivity contribution in [1.82, 2.24) is 4.90 Å². The summed E-state index contributed by atoms with van der Waals surface area (Å²) in [5.74, 6) is 0.640. The van der Waals surface area contributed by atoms with Crippen LogP contribution in [0.1, 0.15) is 29.8 Å². The van der Waals surface area contributed by atoms with Crippen molar-refractivity contribution in [3.05, 3.63) is 59.1 Å². The largest absolute Gasteiger partial charge is 0.271 e. The fraction of sp³-hybridized carbons (Fsp3) is 0.125. The lowest BCUT2D eigenvalue weighted by molar-refractivity contribution is 0.0887. The van der Waals surface area contributed by atoms with E-state index in [4.69, 9.17) is 0 Å². The maximum atomic E-state index is 12.6. The van der Waals surface area contributed by atoms with Crippen molar-refractivity contribution in [3.8, 4) is 0 Å². The van der Waals surface area contributed by atoms with Gasteiger partial charge >= 0.3 is 0 Å². The number of thiophene rings is 1. The average molecular weight is 282 g/mol. The standard InChI is InChI=1S/C16H14N2OS/c1-11-10-18(16(19)13-6-4-3-5-7-13)12(2)17-15-14(11)8-9-20-15/h3-10H,1-2H3. The molecule has 1 aromatic carbocycles. The monoisotopic (exact) mass is 282 g/mol. The predicted molar refractivity (Wildman–Crippen MR) is 83.4 cm³/mol. The first-order valence-electron chi connectivity index (χ1n) is 6.37. The zero-order chi connectivity index (χ0) is 14.1. The number of carbonyl (C=O) groups excluding carboxylic acids is 1. The molecule has 0 aliphatic carbocycles. The van der Waals surface area contributed by atoms with Crippen molar-refractivity contribution in [3.63, 3.8) is 0 Å². The Morgan fingerprint density at radius 1 is 1.15 bits per heavy atom. The van der Waals surface area contributed by atoms with Gasteiger partial charge in [-0.05, 0) is 43.0 Å².